The molecule has 62 heavy (non-hydrogen) atoms. The average Bonchev–Trinajstić information content (AvgIpc) is 3.28. The van der Waals surface area contributed by atoms with E-state index in [9.17, 15) is 15.0 Å². The highest BCUT2D eigenvalue weighted by Gasteiger charge is 2.17. The Labute approximate surface area is 386 Å². The SMILES string of the molecule is CC/C=C\C/C=C\C/C=C\C/C=C\C/C=C\CCCCCCCCCCCCCCCC(=O)NC(CO)C(O)/C=C/CC/C=C/CCCCCCCCCCCCCCCCC. The summed E-state index contributed by atoms with van der Waals surface area (Å²) < 4.78 is 0. The highest BCUT2D eigenvalue weighted by atomic mass is 16.3. The van der Waals surface area contributed by atoms with Crippen LogP contribution in [0.2, 0.25) is 0 Å². The number of carbonyl (C=O) groups is 1. The Bertz CT molecular complexity index is 1110. The molecule has 0 bridgehead atoms. The van der Waals surface area contributed by atoms with Crippen LogP contribution < -0.4 is 5.32 Å². The van der Waals surface area contributed by atoms with Gasteiger partial charge in [0, 0.05) is 6.42 Å². The van der Waals surface area contributed by atoms with Crippen molar-refractivity contribution in [3.63, 3.8) is 0 Å². The Morgan fingerprint density at radius 2 is 0.726 bits per heavy atom. The van der Waals surface area contributed by atoms with Crippen LogP contribution in [0.4, 0.5) is 0 Å². The minimum Gasteiger partial charge on any atom is -0.394 e. The third kappa shape index (κ3) is 48.6. The van der Waals surface area contributed by atoms with E-state index in [1.54, 1.807) is 6.08 Å². The molecule has 0 saturated carbocycles. The van der Waals surface area contributed by atoms with Crippen molar-refractivity contribution in [2.75, 3.05) is 6.61 Å². The van der Waals surface area contributed by atoms with Crippen LogP contribution in [0, 0.1) is 0 Å². The van der Waals surface area contributed by atoms with E-state index >= 15 is 0 Å². The Hall–Kier alpha value is -2.43. The molecule has 4 nitrogen and oxygen atoms in total. The molecule has 0 heterocycles. The van der Waals surface area contributed by atoms with Crippen molar-refractivity contribution in [2.45, 2.75) is 270 Å². The first kappa shape index (κ1) is 59.6. The molecule has 0 aliphatic heterocycles. The number of hydrogen-bond donors (Lipinski definition) is 3. The molecule has 3 N–H and O–H groups in total. The molecule has 0 aliphatic carbocycles. The fraction of sp³-hybridized carbons (Fsp3) is 0.741. The van der Waals surface area contributed by atoms with E-state index in [4.69, 9.17) is 0 Å². The zero-order chi connectivity index (χ0) is 44.9. The van der Waals surface area contributed by atoms with Gasteiger partial charge in [0.2, 0.25) is 5.91 Å². The molecular weight excluding hydrogens is 759 g/mol. The highest BCUT2D eigenvalue weighted by Crippen LogP contribution is 2.16. The van der Waals surface area contributed by atoms with E-state index in [1.807, 2.05) is 6.08 Å². The van der Waals surface area contributed by atoms with Gasteiger partial charge in [-0.15, -0.1) is 0 Å². The molecule has 0 fully saturated rings. The van der Waals surface area contributed by atoms with E-state index in [-0.39, 0.29) is 12.5 Å². The van der Waals surface area contributed by atoms with E-state index in [1.165, 1.54) is 173 Å². The predicted molar refractivity (Wildman–Crippen MR) is 276 cm³/mol. The number of carbonyl (C=O) groups excluding carboxylic acids is 1. The number of unbranched alkanes of at least 4 members (excludes halogenated alkanes) is 29. The van der Waals surface area contributed by atoms with E-state index < -0.39 is 12.1 Å². The van der Waals surface area contributed by atoms with Gasteiger partial charge in [-0.1, -0.05) is 259 Å². The number of hydrogen-bond acceptors (Lipinski definition) is 3. The second kappa shape index (κ2) is 52.9. The molecular formula is C58H103NO3. The first-order chi connectivity index (χ1) is 30.7. The fourth-order valence-electron chi connectivity index (χ4n) is 7.81. The lowest BCUT2D eigenvalue weighted by Gasteiger charge is -2.19. The Kier molecular flexibility index (Phi) is 50.8. The molecule has 0 rings (SSSR count). The topological polar surface area (TPSA) is 69.6 Å². The van der Waals surface area contributed by atoms with Crippen LogP contribution in [0.5, 0.6) is 0 Å². The molecule has 0 radical (unpaired) electrons. The predicted octanol–water partition coefficient (Wildman–Crippen LogP) is 17.6. The van der Waals surface area contributed by atoms with Crippen LogP contribution >= 0.6 is 0 Å². The molecule has 4 heteroatoms. The summed E-state index contributed by atoms with van der Waals surface area (Å²) in [4.78, 5) is 12.5. The molecule has 0 aliphatic rings. The second-order valence-electron chi connectivity index (χ2n) is 17.9. The van der Waals surface area contributed by atoms with Crippen molar-refractivity contribution in [1.82, 2.24) is 5.32 Å². The van der Waals surface area contributed by atoms with Crippen LogP contribution in [0.25, 0.3) is 0 Å². The molecule has 0 aromatic rings. The smallest absolute Gasteiger partial charge is 0.220 e. The molecule has 0 spiro atoms. The molecule has 0 aromatic carbocycles. The fourth-order valence-corrected chi connectivity index (χ4v) is 7.81. The van der Waals surface area contributed by atoms with E-state index in [0.717, 1.165) is 64.2 Å². The van der Waals surface area contributed by atoms with Crippen molar-refractivity contribution < 1.29 is 15.0 Å². The lowest BCUT2D eigenvalue weighted by atomic mass is 10.0. The molecule has 0 saturated heterocycles. The van der Waals surface area contributed by atoms with Crippen LogP contribution in [0.15, 0.2) is 85.1 Å². The molecule has 1 amide bonds. The van der Waals surface area contributed by atoms with Crippen molar-refractivity contribution in [2.24, 2.45) is 0 Å². The highest BCUT2D eigenvalue weighted by molar-refractivity contribution is 5.76. The van der Waals surface area contributed by atoms with Gasteiger partial charge in [-0.2, -0.15) is 0 Å². The lowest BCUT2D eigenvalue weighted by molar-refractivity contribution is -0.123. The first-order valence-electron chi connectivity index (χ1n) is 26.8. The van der Waals surface area contributed by atoms with Gasteiger partial charge in [0.05, 0.1) is 18.8 Å². The second-order valence-corrected chi connectivity index (χ2v) is 17.9. The van der Waals surface area contributed by atoms with Gasteiger partial charge >= 0.3 is 0 Å². The zero-order valence-electron chi connectivity index (χ0n) is 41.1. The third-order valence-electron chi connectivity index (χ3n) is 11.9. The van der Waals surface area contributed by atoms with Crippen LogP contribution in [-0.2, 0) is 4.79 Å². The van der Waals surface area contributed by atoms with Gasteiger partial charge in [-0.25, -0.2) is 0 Å². The number of rotatable bonds is 48. The maximum atomic E-state index is 12.5. The molecule has 2 atom stereocenters. The van der Waals surface area contributed by atoms with Crippen molar-refractivity contribution in [3.8, 4) is 0 Å². The number of nitrogens with one attached hydrogen (secondary N) is 1. The van der Waals surface area contributed by atoms with Gasteiger partial charge in [0.15, 0.2) is 0 Å². The summed E-state index contributed by atoms with van der Waals surface area (Å²) >= 11 is 0. The van der Waals surface area contributed by atoms with Gasteiger partial charge in [0.25, 0.3) is 0 Å². The Morgan fingerprint density at radius 1 is 0.403 bits per heavy atom. The summed E-state index contributed by atoms with van der Waals surface area (Å²) in [6, 6.07) is -0.644. The summed E-state index contributed by atoms with van der Waals surface area (Å²) in [5, 5.41) is 23.1. The van der Waals surface area contributed by atoms with Gasteiger partial charge in [0.1, 0.15) is 0 Å². The Balaban J connectivity index is 3.57. The van der Waals surface area contributed by atoms with Crippen molar-refractivity contribution >= 4 is 5.91 Å². The van der Waals surface area contributed by atoms with E-state index in [2.05, 4.69) is 92.1 Å². The average molecular weight is 862 g/mol. The Morgan fingerprint density at radius 3 is 1.13 bits per heavy atom. The number of amides is 1. The summed E-state index contributed by atoms with van der Waals surface area (Å²) in [7, 11) is 0. The first-order valence-corrected chi connectivity index (χ1v) is 26.8. The lowest BCUT2D eigenvalue weighted by Crippen LogP contribution is -2.45. The minimum absolute atomic E-state index is 0.0765. The van der Waals surface area contributed by atoms with Crippen molar-refractivity contribution in [1.29, 1.82) is 0 Å². The van der Waals surface area contributed by atoms with Crippen LogP contribution in [0.3, 0.4) is 0 Å². The zero-order valence-corrected chi connectivity index (χ0v) is 41.1. The normalized spacial score (nSPS) is 13.5. The summed E-state index contributed by atoms with van der Waals surface area (Å²) in [5.74, 6) is -0.0765. The maximum Gasteiger partial charge on any atom is 0.220 e. The van der Waals surface area contributed by atoms with Gasteiger partial charge in [-0.05, 0) is 77.0 Å². The minimum atomic E-state index is -0.867. The maximum absolute atomic E-state index is 12.5. The van der Waals surface area contributed by atoms with Gasteiger partial charge in [-0.3, -0.25) is 4.79 Å². The number of allylic oxidation sites excluding steroid dienone is 13. The summed E-state index contributed by atoms with van der Waals surface area (Å²) in [6.07, 6.45) is 77.3. The van der Waals surface area contributed by atoms with Gasteiger partial charge < -0.3 is 15.5 Å². The molecule has 358 valence electrons. The van der Waals surface area contributed by atoms with Crippen molar-refractivity contribution in [3.05, 3.63) is 85.1 Å². The monoisotopic (exact) mass is 862 g/mol. The molecule has 2 unspecified atom stereocenters. The standard InChI is InChI=1S/C58H103NO3/c1-3-5-7-9-11-13-15-17-19-21-23-25-26-27-28-29-30-31-32-34-36-38-40-42-44-46-48-50-52-54-58(62)59-56(55-60)57(61)53-51-49-47-45-43-41-39-37-35-33-24-22-20-18-16-14-12-10-8-6-4-2/h5,7,11,13,17,19,23,25,27-28,43,45,51,53,56-57,60-61H,3-4,6,8-10,12,14-16,18,20-22,24,26,29-42,44,46-50,52,54-55H2,1-2H3,(H,59,62)/b7-5-,13-11-,19-17-,25-23-,28-27-,45-43+,53-51+. The van der Waals surface area contributed by atoms with E-state index in [0.29, 0.717) is 6.42 Å². The number of aliphatic hydroxyl groups excluding tert-OH is 2. The molecule has 0 aromatic heterocycles. The largest absolute Gasteiger partial charge is 0.394 e. The quantitative estimate of drug-likeness (QED) is 0.0422. The third-order valence-corrected chi connectivity index (χ3v) is 11.9. The van der Waals surface area contributed by atoms with Crippen LogP contribution in [-0.4, -0.2) is 34.9 Å². The summed E-state index contributed by atoms with van der Waals surface area (Å²) in [5.41, 5.74) is 0. The number of aliphatic hydroxyl groups is 2. The van der Waals surface area contributed by atoms with Crippen LogP contribution in [0.1, 0.15) is 258 Å². The summed E-state index contributed by atoms with van der Waals surface area (Å²) in [6.45, 7) is 4.19.